The highest BCUT2D eigenvalue weighted by Crippen LogP contribution is 2.29. The molecule has 178 valence electrons. The maximum atomic E-state index is 15.0. The van der Waals surface area contributed by atoms with E-state index < -0.39 is 17.3 Å². The van der Waals surface area contributed by atoms with Gasteiger partial charge < -0.3 is 20.6 Å². The molecule has 0 spiro atoms. The lowest BCUT2D eigenvalue weighted by molar-refractivity contribution is 0.0937. The van der Waals surface area contributed by atoms with Gasteiger partial charge in [0.1, 0.15) is 11.6 Å². The van der Waals surface area contributed by atoms with Crippen molar-refractivity contribution >= 4 is 17.1 Å². The van der Waals surface area contributed by atoms with Gasteiger partial charge in [-0.15, -0.1) is 0 Å². The van der Waals surface area contributed by atoms with Gasteiger partial charge in [-0.25, -0.2) is 14.4 Å². The molecule has 5 rings (SSSR count). The Bertz CT molecular complexity index is 1540. The fourth-order valence-corrected chi connectivity index (χ4v) is 3.52. The van der Waals surface area contributed by atoms with Crippen LogP contribution in [0.25, 0.3) is 33.7 Å². The number of carbonyl (C=O) groups excluding carboxylic acids is 1. The summed E-state index contributed by atoms with van der Waals surface area (Å²) in [6.07, 6.45) is 5.16. The number of benzene rings is 1. The Hall–Kier alpha value is -4.45. The van der Waals surface area contributed by atoms with E-state index >= 15 is 0 Å². The summed E-state index contributed by atoms with van der Waals surface area (Å²) < 4.78 is 21.7. The fourth-order valence-electron chi connectivity index (χ4n) is 3.52. The van der Waals surface area contributed by atoms with E-state index in [2.05, 4.69) is 35.5 Å². The van der Waals surface area contributed by atoms with Crippen LogP contribution >= 0.6 is 0 Å². The summed E-state index contributed by atoms with van der Waals surface area (Å²) in [7, 11) is 1.82. The Morgan fingerprint density at radius 3 is 2.77 bits per heavy atom. The quantitative estimate of drug-likeness (QED) is 0.339. The van der Waals surface area contributed by atoms with Crippen molar-refractivity contribution < 1.29 is 13.7 Å². The van der Waals surface area contributed by atoms with Gasteiger partial charge in [0, 0.05) is 37.1 Å². The number of nitrogens with two attached hydrogens (primary N) is 1. The summed E-state index contributed by atoms with van der Waals surface area (Å²) in [6, 6.07) is 6.58. The second-order valence-electron chi connectivity index (χ2n) is 8.68. The first kappa shape index (κ1) is 22.3. The number of carbonyl (C=O) groups is 1. The number of pyridine rings is 1. The number of aryl methyl sites for hydroxylation is 1. The van der Waals surface area contributed by atoms with Gasteiger partial charge in [0.2, 0.25) is 5.89 Å². The standard InChI is InChI=1S/C23H22FN9O2/c1-23(2,25)22-31-20(32-35-22)21(34)27-9-13-5-4-12(8-16(13)24)15-6-7-26-19-17(15)29-18(30-19)14-10-28-33(3)11-14/h4-8,10-11H,9,25H2,1-3H3,(H,27,34)(H,26,29,30). The molecular weight excluding hydrogens is 453 g/mol. The van der Waals surface area contributed by atoms with Gasteiger partial charge in [-0.05, 0) is 31.5 Å². The number of nitrogens with zero attached hydrogens (tertiary/aromatic N) is 6. The molecule has 1 aromatic carbocycles. The van der Waals surface area contributed by atoms with E-state index in [-0.39, 0.29) is 18.3 Å². The van der Waals surface area contributed by atoms with Crippen LogP contribution in [-0.2, 0) is 19.1 Å². The van der Waals surface area contributed by atoms with Crippen LogP contribution in [0.3, 0.4) is 0 Å². The molecule has 0 bridgehead atoms. The molecule has 0 atom stereocenters. The Morgan fingerprint density at radius 2 is 2.09 bits per heavy atom. The zero-order valence-corrected chi connectivity index (χ0v) is 19.2. The van der Waals surface area contributed by atoms with Crippen molar-refractivity contribution in [1.82, 2.24) is 40.2 Å². The Balaban J connectivity index is 1.36. The van der Waals surface area contributed by atoms with Crippen molar-refractivity contribution in [3.8, 4) is 22.5 Å². The highest BCUT2D eigenvalue weighted by atomic mass is 19.1. The van der Waals surface area contributed by atoms with Gasteiger partial charge in [-0.2, -0.15) is 10.1 Å². The van der Waals surface area contributed by atoms with Crippen molar-refractivity contribution in [2.75, 3.05) is 0 Å². The predicted octanol–water partition coefficient (Wildman–Crippen LogP) is 2.67. The first-order valence-corrected chi connectivity index (χ1v) is 10.7. The maximum absolute atomic E-state index is 15.0. The average molecular weight is 475 g/mol. The molecule has 0 saturated heterocycles. The molecule has 0 aliphatic rings. The maximum Gasteiger partial charge on any atom is 0.292 e. The van der Waals surface area contributed by atoms with E-state index in [1.54, 1.807) is 49.1 Å². The van der Waals surface area contributed by atoms with E-state index in [0.29, 0.717) is 28.1 Å². The lowest BCUT2D eigenvalue weighted by Gasteiger charge is -2.10. The normalized spacial score (nSPS) is 11.8. The average Bonchev–Trinajstić information content (AvgIpc) is 3.56. The van der Waals surface area contributed by atoms with E-state index in [1.807, 2.05) is 13.2 Å². The SMILES string of the molecule is Cn1cc(-c2nc3nccc(-c4ccc(CNC(=O)c5noc(C(C)(C)N)n5)c(F)c4)c3[nH]2)cn1. The second kappa shape index (κ2) is 8.40. The zero-order chi connectivity index (χ0) is 24.7. The number of nitrogens with one attached hydrogen (secondary N) is 2. The lowest BCUT2D eigenvalue weighted by Crippen LogP contribution is -2.29. The van der Waals surface area contributed by atoms with Gasteiger partial charge in [0.25, 0.3) is 11.7 Å². The van der Waals surface area contributed by atoms with Crippen LogP contribution in [0.1, 0.15) is 35.9 Å². The molecule has 0 fully saturated rings. The van der Waals surface area contributed by atoms with E-state index in [9.17, 15) is 9.18 Å². The highest BCUT2D eigenvalue weighted by Gasteiger charge is 2.24. The van der Waals surface area contributed by atoms with Crippen molar-refractivity contribution in [3.05, 3.63) is 66.0 Å². The lowest BCUT2D eigenvalue weighted by atomic mass is 10.0. The van der Waals surface area contributed by atoms with Gasteiger partial charge in [-0.1, -0.05) is 17.3 Å². The fraction of sp³-hybridized carbons (Fsp3) is 0.217. The zero-order valence-electron chi connectivity index (χ0n) is 19.2. The summed E-state index contributed by atoms with van der Waals surface area (Å²) in [5.41, 5.74) is 8.72. The molecule has 0 saturated carbocycles. The van der Waals surface area contributed by atoms with E-state index in [0.717, 1.165) is 11.1 Å². The van der Waals surface area contributed by atoms with Crippen LogP contribution in [0.4, 0.5) is 4.39 Å². The molecule has 11 nitrogen and oxygen atoms in total. The number of rotatable bonds is 6. The predicted molar refractivity (Wildman–Crippen MR) is 124 cm³/mol. The minimum Gasteiger partial charge on any atom is -0.345 e. The number of imidazole rings is 1. The number of H-pyrrole nitrogens is 1. The summed E-state index contributed by atoms with van der Waals surface area (Å²) >= 11 is 0. The molecule has 0 aliphatic carbocycles. The van der Waals surface area contributed by atoms with Crippen LogP contribution in [0, 0.1) is 5.82 Å². The van der Waals surface area contributed by atoms with E-state index in [1.165, 1.54) is 6.07 Å². The molecule has 0 unspecified atom stereocenters. The third-order valence-corrected chi connectivity index (χ3v) is 5.35. The molecule has 5 aromatic rings. The van der Waals surface area contributed by atoms with Crippen LogP contribution < -0.4 is 11.1 Å². The summed E-state index contributed by atoms with van der Waals surface area (Å²) in [4.78, 5) is 28.4. The highest BCUT2D eigenvalue weighted by molar-refractivity contribution is 5.91. The smallest absolute Gasteiger partial charge is 0.292 e. The number of aromatic amines is 1. The largest absolute Gasteiger partial charge is 0.345 e. The van der Waals surface area contributed by atoms with Gasteiger partial charge in [-0.3, -0.25) is 9.48 Å². The van der Waals surface area contributed by atoms with Crippen molar-refractivity contribution in [1.29, 1.82) is 0 Å². The van der Waals surface area contributed by atoms with Gasteiger partial charge in [0.05, 0.1) is 22.8 Å². The Kier molecular flexibility index (Phi) is 5.36. The molecule has 0 radical (unpaired) electrons. The third-order valence-electron chi connectivity index (χ3n) is 5.35. The summed E-state index contributed by atoms with van der Waals surface area (Å²) in [6.45, 7) is 3.30. The minimum atomic E-state index is -0.876. The molecular formula is C23H22FN9O2. The van der Waals surface area contributed by atoms with Crippen LogP contribution in [0.5, 0.6) is 0 Å². The minimum absolute atomic E-state index is 0.0538. The second-order valence-corrected chi connectivity index (χ2v) is 8.68. The number of hydrogen-bond donors (Lipinski definition) is 3. The van der Waals surface area contributed by atoms with Crippen molar-refractivity contribution in [3.63, 3.8) is 0 Å². The number of amides is 1. The third kappa shape index (κ3) is 4.38. The Morgan fingerprint density at radius 1 is 1.26 bits per heavy atom. The Labute approximate surface area is 198 Å². The van der Waals surface area contributed by atoms with Gasteiger partial charge >= 0.3 is 0 Å². The topological polar surface area (TPSA) is 153 Å². The molecule has 4 N–H and O–H groups in total. The number of fused-ring (bicyclic) bond motifs is 1. The summed E-state index contributed by atoms with van der Waals surface area (Å²) in [5, 5.41) is 10.4. The molecule has 35 heavy (non-hydrogen) atoms. The number of hydrogen-bond acceptors (Lipinski definition) is 8. The first-order valence-electron chi connectivity index (χ1n) is 10.7. The summed E-state index contributed by atoms with van der Waals surface area (Å²) in [5.74, 6) is -0.484. The van der Waals surface area contributed by atoms with Gasteiger partial charge in [0.15, 0.2) is 5.65 Å². The van der Waals surface area contributed by atoms with Crippen LogP contribution in [-0.4, -0.2) is 40.8 Å². The molecule has 4 heterocycles. The number of halogens is 1. The molecule has 0 aliphatic heterocycles. The molecule has 12 heteroatoms. The first-order chi connectivity index (χ1) is 16.7. The monoisotopic (exact) mass is 475 g/mol. The molecule has 4 aromatic heterocycles. The van der Waals surface area contributed by atoms with Crippen LogP contribution in [0.15, 0.2) is 47.4 Å². The number of aromatic nitrogens is 7. The van der Waals surface area contributed by atoms with E-state index in [4.69, 9.17) is 10.3 Å². The van der Waals surface area contributed by atoms with Crippen molar-refractivity contribution in [2.45, 2.75) is 25.9 Å². The van der Waals surface area contributed by atoms with Crippen LogP contribution in [0.2, 0.25) is 0 Å². The van der Waals surface area contributed by atoms with Crippen molar-refractivity contribution in [2.24, 2.45) is 12.8 Å². The molecule has 1 amide bonds.